The Balaban J connectivity index is 3.06. The van der Waals surface area contributed by atoms with Crippen molar-refractivity contribution in [2.24, 2.45) is 0 Å². The monoisotopic (exact) mass is 192 g/mol. The lowest BCUT2D eigenvalue weighted by Gasteiger charge is -2.07. The molecule has 0 atom stereocenters. The number of nitrogen functional groups attached to an aromatic ring is 1. The van der Waals surface area contributed by atoms with E-state index < -0.39 is 0 Å². The summed E-state index contributed by atoms with van der Waals surface area (Å²) in [5, 5.41) is 2.83. The highest BCUT2D eigenvalue weighted by Crippen LogP contribution is 2.18. The number of carbonyl (C=O) groups excluding carboxylic acids is 1. The van der Waals surface area contributed by atoms with Crippen molar-refractivity contribution in [3.63, 3.8) is 0 Å². The van der Waals surface area contributed by atoms with Gasteiger partial charge in [-0.2, -0.15) is 0 Å². The molecule has 3 nitrogen and oxygen atoms in total. The lowest BCUT2D eigenvalue weighted by molar-refractivity contribution is 0.0993. The first-order valence-electron chi connectivity index (χ1n) is 4.60. The van der Waals surface area contributed by atoms with E-state index in [1.807, 2.05) is 19.9 Å². The molecule has 3 N–H and O–H groups in total. The first-order chi connectivity index (χ1) is 6.56. The molecule has 0 saturated carbocycles. The van der Waals surface area contributed by atoms with Crippen LogP contribution >= 0.6 is 0 Å². The van der Waals surface area contributed by atoms with Gasteiger partial charge in [0, 0.05) is 11.3 Å². The van der Waals surface area contributed by atoms with E-state index in [1.165, 1.54) is 0 Å². The summed E-state index contributed by atoms with van der Waals surface area (Å²) >= 11 is 0. The predicted octanol–water partition coefficient (Wildman–Crippen LogP) is 1.29. The van der Waals surface area contributed by atoms with Crippen LogP contribution < -0.4 is 11.1 Å². The van der Waals surface area contributed by atoms with Gasteiger partial charge in [0.2, 0.25) is 0 Å². The Morgan fingerprint density at radius 1 is 1.43 bits per heavy atom. The highest BCUT2D eigenvalue weighted by molar-refractivity contribution is 5.98. The van der Waals surface area contributed by atoms with Gasteiger partial charge >= 0.3 is 0 Å². The summed E-state index contributed by atoms with van der Waals surface area (Å²) in [5.41, 5.74) is 9.25. The molecule has 0 bridgehead atoms. The lowest BCUT2D eigenvalue weighted by atomic mass is 10.0. The standard InChI is InChI=1S/C11H16N2O/c1-7-4-9(11(14)6-13-3)5-10(12)8(7)2/h4-5,13H,6,12H2,1-3H3. The number of carbonyl (C=O) groups is 1. The maximum Gasteiger partial charge on any atom is 0.176 e. The molecule has 76 valence electrons. The van der Waals surface area contributed by atoms with E-state index in [0.29, 0.717) is 17.8 Å². The van der Waals surface area contributed by atoms with Gasteiger partial charge in [0.05, 0.1) is 6.54 Å². The summed E-state index contributed by atoms with van der Waals surface area (Å²) in [7, 11) is 1.75. The third kappa shape index (κ3) is 2.12. The van der Waals surface area contributed by atoms with Crippen LogP contribution in [0.3, 0.4) is 0 Å². The number of benzene rings is 1. The molecule has 0 spiro atoms. The van der Waals surface area contributed by atoms with E-state index in [0.717, 1.165) is 11.1 Å². The van der Waals surface area contributed by atoms with Gasteiger partial charge in [0.15, 0.2) is 5.78 Å². The molecule has 1 aromatic rings. The minimum atomic E-state index is 0.0716. The van der Waals surface area contributed by atoms with Crippen LogP contribution in [0, 0.1) is 13.8 Å². The summed E-state index contributed by atoms with van der Waals surface area (Å²) in [4.78, 5) is 11.5. The molecule has 0 amide bonds. The smallest absolute Gasteiger partial charge is 0.176 e. The second-order valence-corrected chi connectivity index (χ2v) is 3.46. The summed E-state index contributed by atoms with van der Waals surface area (Å²) in [6, 6.07) is 3.62. The van der Waals surface area contributed by atoms with Crippen molar-refractivity contribution in [1.82, 2.24) is 5.32 Å². The van der Waals surface area contributed by atoms with E-state index >= 15 is 0 Å². The number of aryl methyl sites for hydroxylation is 1. The first-order valence-corrected chi connectivity index (χ1v) is 4.60. The van der Waals surface area contributed by atoms with Crippen molar-refractivity contribution in [2.75, 3.05) is 19.3 Å². The van der Waals surface area contributed by atoms with E-state index in [9.17, 15) is 4.79 Å². The fourth-order valence-corrected chi connectivity index (χ4v) is 1.31. The van der Waals surface area contributed by atoms with Crippen molar-refractivity contribution in [3.05, 3.63) is 28.8 Å². The molecule has 0 unspecified atom stereocenters. The molecule has 0 aromatic heterocycles. The number of hydrogen-bond acceptors (Lipinski definition) is 3. The number of nitrogens with two attached hydrogens (primary N) is 1. The minimum absolute atomic E-state index is 0.0716. The number of hydrogen-bond donors (Lipinski definition) is 2. The third-order valence-electron chi connectivity index (χ3n) is 2.37. The summed E-state index contributed by atoms with van der Waals surface area (Å²) < 4.78 is 0. The van der Waals surface area contributed by atoms with Crippen LogP contribution in [0.1, 0.15) is 21.5 Å². The molecule has 0 aliphatic heterocycles. The van der Waals surface area contributed by atoms with Crippen LogP contribution in [-0.4, -0.2) is 19.4 Å². The lowest BCUT2D eigenvalue weighted by Crippen LogP contribution is -2.18. The number of ketones is 1. The molecule has 0 heterocycles. The molecule has 3 heteroatoms. The van der Waals surface area contributed by atoms with Crippen molar-refractivity contribution in [2.45, 2.75) is 13.8 Å². The Bertz CT molecular complexity index is 335. The fourth-order valence-electron chi connectivity index (χ4n) is 1.31. The molecule has 0 radical (unpaired) electrons. The van der Waals surface area contributed by atoms with Crippen LogP contribution in [0.4, 0.5) is 5.69 Å². The van der Waals surface area contributed by atoms with Crippen LogP contribution in [0.25, 0.3) is 0 Å². The minimum Gasteiger partial charge on any atom is -0.398 e. The second kappa shape index (κ2) is 4.24. The van der Waals surface area contributed by atoms with Gasteiger partial charge < -0.3 is 11.1 Å². The Labute approximate surface area is 84.3 Å². The zero-order valence-electron chi connectivity index (χ0n) is 8.85. The molecular weight excluding hydrogens is 176 g/mol. The average molecular weight is 192 g/mol. The van der Waals surface area contributed by atoms with Crippen LogP contribution in [0.2, 0.25) is 0 Å². The number of anilines is 1. The van der Waals surface area contributed by atoms with E-state index in [-0.39, 0.29) is 5.78 Å². The zero-order valence-corrected chi connectivity index (χ0v) is 8.85. The van der Waals surface area contributed by atoms with Crippen LogP contribution in [0.15, 0.2) is 12.1 Å². The second-order valence-electron chi connectivity index (χ2n) is 3.46. The van der Waals surface area contributed by atoms with Gasteiger partial charge in [-0.15, -0.1) is 0 Å². The summed E-state index contributed by atoms with van der Waals surface area (Å²) in [6.07, 6.45) is 0. The van der Waals surface area contributed by atoms with Gasteiger partial charge in [-0.1, -0.05) is 0 Å². The number of nitrogens with one attached hydrogen (secondary N) is 1. The molecule has 14 heavy (non-hydrogen) atoms. The summed E-state index contributed by atoms with van der Waals surface area (Å²) in [6.45, 7) is 4.26. The topological polar surface area (TPSA) is 55.1 Å². The molecular formula is C11H16N2O. The molecule has 0 aliphatic carbocycles. The molecule has 1 rings (SSSR count). The predicted molar refractivity (Wildman–Crippen MR) is 58.6 cm³/mol. The maximum atomic E-state index is 11.5. The van der Waals surface area contributed by atoms with Crippen molar-refractivity contribution < 1.29 is 4.79 Å². The number of rotatable bonds is 3. The molecule has 0 saturated heterocycles. The first kappa shape index (κ1) is 10.7. The Hall–Kier alpha value is -1.35. The number of Topliss-reactive ketones (excluding diaryl/α,β-unsaturated/α-hetero) is 1. The molecule has 1 aromatic carbocycles. The van der Waals surface area contributed by atoms with Gasteiger partial charge in [0.1, 0.15) is 0 Å². The van der Waals surface area contributed by atoms with E-state index in [4.69, 9.17) is 5.73 Å². The Kier molecular flexibility index (Phi) is 3.25. The van der Waals surface area contributed by atoms with Gasteiger partial charge in [-0.3, -0.25) is 4.79 Å². The maximum absolute atomic E-state index is 11.5. The Morgan fingerprint density at radius 3 is 2.57 bits per heavy atom. The van der Waals surface area contributed by atoms with E-state index in [2.05, 4.69) is 5.32 Å². The largest absolute Gasteiger partial charge is 0.398 e. The van der Waals surface area contributed by atoms with E-state index in [1.54, 1.807) is 13.1 Å². The number of likely N-dealkylation sites (N-methyl/N-ethyl adjacent to an activating group) is 1. The van der Waals surface area contributed by atoms with Gasteiger partial charge in [-0.25, -0.2) is 0 Å². The van der Waals surface area contributed by atoms with Crippen LogP contribution in [-0.2, 0) is 0 Å². The zero-order chi connectivity index (χ0) is 10.7. The van der Waals surface area contributed by atoms with Crippen molar-refractivity contribution in [3.8, 4) is 0 Å². The molecule has 0 fully saturated rings. The normalized spacial score (nSPS) is 10.2. The highest BCUT2D eigenvalue weighted by atomic mass is 16.1. The SMILES string of the molecule is CNCC(=O)c1cc(C)c(C)c(N)c1. The van der Waals surface area contributed by atoms with Gasteiger partial charge in [-0.05, 0) is 44.2 Å². The quantitative estimate of drug-likeness (QED) is 0.560. The molecule has 0 aliphatic rings. The highest BCUT2D eigenvalue weighted by Gasteiger charge is 2.07. The van der Waals surface area contributed by atoms with Crippen LogP contribution in [0.5, 0.6) is 0 Å². The van der Waals surface area contributed by atoms with Crippen molar-refractivity contribution >= 4 is 11.5 Å². The van der Waals surface area contributed by atoms with Gasteiger partial charge in [0.25, 0.3) is 0 Å². The third-order valence-corrected chi connectivity index (χ3v) is 2.37. The fraction of sp³-hybridized carbons (Fsp3) is 0.364. The summed E-state index contributed by atoms with van der Waals surface area (Å²) in [5.74, 6) is 0.0716. The Morgan fingerprint density at radius 2 is 2.07 bits per heavy atom. The average Bonchev–Trinajstić information content (AvgIpc) is 2.13. The van der Waals surface area contributed by atoms with Crippen molar-refractivity contribution in [1.29, 1.82) is 0 Å².